The second kappa shape index (κ2) is 8.29. The lowest BCUT2D eigenvalue weighted by Crippen LogP contribution is -2.36. The van der Waals surface area contributed by atoms with E-state index in [1.165, 1.54) is 0 Å². The highest BCUT2D eigenvalue weighted by molar-refractivity contribution is 5.98. The van der Waals surface area contributed by atoms with E-state index >= 15 is 0 Å². The fourth-order valence-electron chi connectivity index (χ4n) is 4.27. The van der Waals surface area contributed by atoms with Gasteiger partial charge in [0.2, 0.25) is 5.91 Å². The number of anilines is 1. The monoisotopic (exact) mass is 435 g/mol. The van der Waals surface area contributed by atoms with Crippen molar-refractivity contribution in [3.05, 3.63) is 35.6 Å². The Morgan fingerprint density at radius 3 is 2.61 bits per heavy atom. The summed E-state index contributed by atoms with van der Waals surface area (Å²) in [6, 6.07) is -0.00467. The summed E-state index contributed by atoms with van der Waals surface area (Å²) in [6.07, 6.45) is 5.47. The number of carbonyl (C=O) groups is 1. The smallest absolute Gasteiger partial charge is 0.284 e. The second-order valence-electron chi connectivity index (χ2n) is 8.29. The maximum Gasteiger partial charge on any atom is 0.284 e. The molecule has 4 rings (SSSR count). The molecule has 11 heteroatoms. The summed E-state index contributed by atoms with van der Waals surface area (Å²) in [5.41, 5.74) is 5.70. The summed E-state index contributed by atoms with van der Waals surface area (Å²) >= 11 is 0. The first-order valence-corrected chi connectivity index (χ1v) is 10.3. The van der Waals surface area contributed by atoms with Crippen molar-refractivity contribution in [2.75, 3.05) is 32.3 Å². The van der Waals surface area contributed by atoms with Gasteiger partial charge in [-0.25, -0.2) is 18.8 Å². The maximum atomic E-state index is 13.9. The zero-order valence-corrected chi connectivity index (χ0v) is 17.6. The number of primary amides is 1. The molecule has 2 aliphatic heterocycles. The molecule has 3 heterocycles. The van der Waals surface area contributed by atoms with Crippen molar-refractivity contribution < 1.29 is 18.7 Å². The van der Waals surface area contributed by atoms with Gasteiger partial charge in [-0.1, -0.05) is 0 Å². The number of hydrogen-bond acceptors (Lipinski definition) is 7. The summed E-state index contributed by atoms with van der Waals surface area (Å²) in [4.78, 5) is 18.3. The Balaban J connectivity index is 1.66. The normalized spacial score (nSPS) is 23.5. The van der Waals surface area contributed by atoms with Crippen molar-refractivity contribution in [3.63, 3.8) is 0 Å². The van der Waals surface area contributed by atoms with Crippen LogP contribution in [0.15, 0.2) is 34.9 Å². The van der Waals surface area contributed by atoms with Gasteiger partial charge in [-0.05, 0) is 37.7 Å². The van der Waals surface area contributed by atoms with Gasteiger partial charge in [0.1, 0.15) is 11.5 Å². The average molecular weight is 435 g/mol. The van der Waals surface area contributed by atoms with Crippen LogP contribution in [0.3, 0.4) is 0 Å². The van der Waals surface area contributed by atoms with E-state index in [9.17, 15) is 18.7 Å². The zero-order chi connectivity index (χ0) is 22.3. The Hall–Kier alpha value is -2.95. The first kappa shape index (κ1) is 21.3. The number of alkyl halides is 2. The van der Waals surface area contributed by atoms with Gasteiger partial charge in [0.15, 0.2) is 11.5 Å². The number of amides is 1. The number of nitrogens with two attached hydrogens (primary N) is 1. The van der Waals surface area contributed by atoms with E-state index in [2.05, 4.69) is 10.1 Å². The van der Waals surface area contributed by atoms with Crippen LogP contribution in [-0.4, -0.2) is 63.8 Å². The first-order chi connectivity index (χ1) is 14.8. The zero-order valence-electron chi connectivity index (χ0n) is 17.6. The molecular formula is C20H27F2N7O2. The molecule has 0 saturated heterocycles. The molecule has 1 saturated carbocycles. The Labute approximate surface area is 179 Å². The lowest BCUT2D eigenvalue weighted by Gasteiger charge is -2.31. The number of hydrazine groups is 1. The molecule has 0 radical (unpaired) electrons. The highest BCUT2D eigenvalue weighted by Crippen LogP contribution is 2.39. The average Bonchev–Trinajstić information content (AvgIpc) is 3.35. The van der Waals surface area contributed by atoms with Crippen LogP contribution in [0.25, 0.3) is 0 Å². The van der Waals surface area contributed by atoms with Gasteiger partial charge in [-0.3, -0.25) is 14.5 Å². The van der Waals surface area contributed by atoms with Crippen molar-refractivity contribution in [2.24, 2.45) is 16.6 Å². The lowest BCUT2D eigenvalue weighted by atomic mass is 9.87. The molecule has 3 N–H and O–H groups in total. The fourth-order valence-corrected chi connectivity index (χ4v) is 4.27. The third kappa shape index (κ3) is 3.89. The number of hydrogen-bond donors (Lipinski definition) is 2. The summed E-state index contributed by atoms with van der Waals surface area (Å²) in [5, 5.41) is 16.7. The Kier molecular flexibility index (Phi) is 5.69. The molecule has 9 nitrogen and oxygen atoms in total. The molecule has 0 bridgehead atoms. The van der Waals surface area contributed by atoms with Crippen LogP contribution in [0, 0.1) is 5.92 Å². The molecular weight excluding hydrogens is 408 g/mol. The molecule has 0 unspecified atom stereocenters. The molecule has 1 aromatic heterocycles. The Bertz CT molecular complexity index is 945. The van der Waals surface area contributed by atoms with E-state index in [1.807, 2.05) is 14.1 Å². The third-order valence-electron chi connectivity index (χ3n) is 6.07. The van der Waals surface area contributed by atoms with E-state index in [1.54, 1.807) is 38.1 Å². The molecule has 1 fully saturated rings. The van der Waals surface area contributed by atoms with Gasteiger partial charge < -0.3 is 15.7 Å². The van der Waals surface area contributed by atoms with Crippen LogP contribution in [-0.2, 0) is 4.79 Å². The highest BCUT2D eigenvalue weighted by Gasteiger charge is 2.37. The quantitative estimate of drug-likeness (QED) is 0.731. The Morgan fingerprint density at radius 2 is 2.03 bits per heavy atom. The van der Waals surface area contributed by atoms with E-state index in [-0.39, 0.29) is 42.1 Å². The number of aliphatic imine (C=N–C) groups is 1. The number of carbonyl (C=O) groups excluding carboxylic acids is 1. The van der Waals surface area contributed by atoms with Crippen LogP contribution in [0.2, 0.25) is 0 Å². The minimum absolute atomic E-state index is 0.00467. The molecule has 31 heavy (non-hydrogen) atoms. The fraction of sp³-hybridized carbons (Fsp3) is 0.550. The van der Waals surface area contributed by atoms with E-state index in [4.69, 9.17) is 5.73 Å². The lowest BCUT2D eigenvalue weighted by molar-refractivity contribution is -0.114. The first-order valence-electron chi connectivity index (χ1n) is 10.3. The SMILES string of the molecule is CN(C)C1=NC2=C(C(N)=O)CN(c3cn(C4CCC(CO)CC4)nc3C(F)F)N2C=C1. The standard InChI is InChI=1S/C20H27F2N7O2/c1-26(2)16-7-8-28-20(24-16)14(19(23)31)9-29(28)15-10-27(25-17(15)18(21)22)13-5-3-12(11-30)4-6-13/h7-8,10,12-13,18,30H,3-6,9,11H2,1-2H3,(H2,23,31). The topological polar surface area (TPSA) is 103 Å². The van der Waals surface area contributed by atoms with Crippen LogP contribution >= 0.6 is 0 Å². The number of aliphatic hydroxyl groups excluding tert-OH is 1. The number of amidine groups is 1. The minimum atomic E-state index is -2.78. The third-order valence-corrected chi connectivity index (χ3v) is 6.07. The molecule has 3 aliphatic rings. The predicted molar refractivity (Wildman–Crippen MR) is 111 cm³/mol. The van der Waals surface area contributed by atoms with Gasteiger partial charge in [-0.2, -0.15) is 5.10 Å². The summed E-state index contributed by atoms with van der Waals surface area (Å²) < 4.78 is 29.4. The predicted octanol–water partition coefficient (Wildman–Crippen LogP) is 1.77. The van der Waals surface area contributed by atoms with Gasteiger partial charge in [0.05, 0.1) is 24.4 Å². The van der Waals surface area contributed by atoms with Gasteiger partial charge in [0, 0.05) is 26.9 Å². The van der Waals surface area contributed by atoms with E-state index < -0.39 is 12.3 Å². The largest absolute Gasteiger partial charge is 0.396 e. The highest BCUT2D eigenvalue weighted by atomic mass is 19.3. The van der Waals surface area contributed by atoms with Gasteiger partial charge in [0.25, 0.3) is 6.43 Å². The molecule has 168 valence electrons. The van der Waals surface area contributed by atoms with Crippen molar-refractivity contribution in [1.29, 1.82) is 0 Å². The van der Waals surface area contributed by atoms with Crippen LogP contribution < -0.4 is 10.7 Å². The summed E-state index contributed by atoms with van der Waals surface area (Å²) in [6.45, 7) is 0.177. The summed E-state index contributed by atoms with van der Waals surface area (Å²) in [7, 11) is 3.64. The number of halogens is 2. The van der Waals surface area contributed by atoms with Crippen LogP contribution in [0.4, 0.5) is 14.5 Å². The number of nitrogens with zero attached hydrogens (tertiary/aromatic N) is 6. The molecule has 1 aromatic rings. The molecule has 0 aromatic carbocycles. The van der Waals surface area contributed by atoms with Crippen molar-refractivity contribution in [3.8, 4) is 0 Å². The molecule has 0 atom stereocenters. The van der Waals surface area contributed by atoms with Gasteiger partial charge in [-0.15, -0.1) is 0 Å². The van der Waals surface area contributed by atoms with E-state index in [0.717, 1.165) is 25.7 Å². The van der Waals surface area contributed by atoms with Crippen LogP contribution in [0.5, 0.6) is 0 Å². The molecule has 1 amide bonds. The number of rotatable bonds is 5. The van der Waals surface area contributed by atoms with Gasteiger partial charge >= 0.3 is 0 Å². The maximum absolute atomic E-state index is 13.9. The number of aromatic nitrogens is 2. The number of aliphatic hydroxyl groups is 1. The van der Waals surface area contributed by atoms with Crippen molar-refractivity contribution >= 4 is 17.4 Å². The molecule has 1 aliphatic carbocycles. The van der Waals surface area contributed by atoms with Crippen molar-refractivity contribution in [1.82, 2.24) is 19.7 Å². The molecule has 0 spiro atoms. The number of fused-ring (bicyclic) bond motifs is 1. The van der Waals surface area contributed by atoms with Crippen LogP contribution in [0.1, 0.15) is 43.8 Å². The number of likely N-dealkylation sites (N-methyl/N-ethyl adjacent to an activating group) is 1. The Morgan fingerprint density at radius 1 is 1.32 bits per heavy atom. The summed E-state index contributed by atoms with van der Waals surface area (Å²) in [5.74, 6) is 0.562. The second-order valence-corrected chi connectivity index (χ2v) is 8.29. The minimum Gasteiger partial charge on any atom is -0.396 e. The van der Waals surface area contributed by atoms with E-state index in [0.29, 0.717) is 11.7 Å². The van der Waals surface area contributed by atoms with Crippen molar-refractivity contribution in [2.45, 2.75) is 38.2 Å².